The second-order valence-electron chi connectivity index (χ2n) is 8.21. The number of piperazine rings is 1. The number of nitrogens with one attached hydrogen (secondary N) is 3. The molecular weight excluding hydrogens is 467 g/mol. The van der Waals surface area contributed by atoms with Gasteiger partial charge in [0.25, 0.3) is 5.91 Å². The van der Waals surface area contributed by atoms with Crippen LogP contribution in [0.1, 0.15) is 6.92 Å². The van der Waals surface area contributed by atoms with Gasteiger partial charge in [-0.05, 0) is 30.3 Å². The number of rotatable bonds is 5. The molecule has 11 nitrogen and oxygen atoms in total. The summed E-state index contributed by atoms with van der Waals surface area (Å²) >= 11 is 0. The highest BCUT2D eigenvalue weighted by molar-refractivity contribution is 6.04. The number of pyridine rings is 1. The molecule has 0 atom stereocenters. The lowest BCUT2D eigenvalue weighted by Crippen LogP contribution is -2.48. The molecule has 2 aromatic heterocycles. The van der Waals surface area contributed by atoms with Crippen LogP contribution in [0.2, 0.25) is 0 Å². The van der Waals surface area contributed by atoms with Crippen LogP contribution in [0, 0.1) is 5.82 Å². The standard InChI is InChI=1S/C24H23FN8O3/c1-14-23(35)30-22-19(36-14)6-7-20(29-22)28-21-18(25)13-26-24(31-21)27-16-4-3-5-17(12-16)33-10-8-32(9-11-33)15(2)34/h3-7,12-13H,1,8-11H2,2H3,(H3,26,27,28,29,30,31,35). The lowest BCUT2D eigenvalue weighted by Gasteiger charge is -2.35. The number of benzene rings is 1. The fraction of sp³-hybridized carbons (Fsp3) is 0.208. The number of halogens is 1. The van der Waals surface area contributed by atoms with Crippen LogP contribution in [-0.4, -0.2) is 57.8 Å². The van der Waals surface area contributed by atoms with Crippen LogP contribution >= 0.6 is 0 Å². The summed E-state index contributed by atoms with van der Waals surface area (Å²) in [5.41, 5.74) is 1.72. The van der Waals surface area contributed by atoms with E-state index in [0.29, 0.717) is 18.8 Å². The van der Waals surface area contributed by atoms with E-state index in [4.69, 9.17) is 4.74 Å². The van der Waals surface area contributed by atoms with Gasteiger partial charge in [-0.25, -0.2) is 14.4 Å². The van der Waals surface area contributed by atoms with Crippen molar-refractivity contribution >= 4 is 46.6 Å². The van der Waals surface area contributed by atoms with E-state index in [1.165, 1.54) is 0 Å². The highest BCUT2D eigenvalue weighted by atomic mass is 19.1. The Morgan fingerprint density at radius 3 is 2.72 bits per heavy atom. The second kappa shape index (κ2) is 9.49. The number of carbonyl (C=O) groups excluding carboxylic acids is 2. The smallest absolute Gasteiger partial charge is 0.292 e. The molecule has 184 valence electrons. The van der Waals surface area contributed by atoms with E-state index < -0.39 is 11.7 Å². The first kappa shape index (κ1) is 23.0. The van der Waals surface area contributed by atoms with E-state index in [1.807, 2.05) is 29.2 Å². The molecule has 5 rings (SSSR count). The molecular formula is C24H23FN8O3. The zero-order valence-corrected chi connectivity index (χ0v) is 19.4. The molecule has 1 fully saturated rings. The monoisotopic (exact) mass is 490 g/mol. The lowest BCUT2D eigenvalue weighted by atomic mass is 10.2. The highest BCUT2D eigenvalue weighted by Crippen LogP contribution is 2.31. The number of anilines is 6. The summed E-state index contributed by atoms with van der Waals surface area (Å²) in [7, 11) is 0. The quantitative estimate of drug-likeness (QED) is 0.463. The summed E-state index contributed by atoms with van der Waals surface area (Å²) in [6.45, 7) is 7.90. The Morgan fingerprint density at radius 1 is 1.14 bits per heavy atom. The molecule has 0 spiro atoms. The van der Waals surface area contributed by atoms with Gasteiger partial charge in [0.05, 0.1) is 6.20 Å². The van der Waals surface area contributed by atoms with Gasteiger partial charge >= 0.3 is 0 Å². The van der Waals surface area contributed by atoms with Crippen LogP contribution < -0.4 is 25.6 Å². The third-order valence-electron chi connectivity index (χ3n) is 5.76. The normalized spacial score (nSPS) is 15.1. The molecule has 2 aliphatic heterocycles. The van der Waals surface area contributed by atoms with Gasteiger partial charge in [-0.3, -0.25) is 9.59 Å². The molecule has 0 saturated carbocycles. The fourth-order valence-corrected chi connectivity index (χ4v) is 3.87. The molecule has 3 N–H and O–H groups in total. The summed E-state index contributed by atoms with van der Waals surface area (Å²) in [5, 5.41) is 8.46. The molecule has 0 radical (unpaired) electrons. The summed E-state index contributed by atoms with van der Waals surface area (Å²) in [6.07, 6.45) is 1.05. The van der Waals surface area contributed by atoms with Crippen molar-refractivity contribution in [2.75, 3.05) is 47.0 Å². The molecule has 12 heteroatoms. The van der Waals surface area contributed by atoms with Crippen molar-refractivity contribution < 1.29 is 18.7 Å². The van der Waals surface area contributed by atoms with Gasteiger partial charge in [0.1, 0.15) is 5.82 Å². The zero-order chi connectivity index (χ0) is 25.2. The third-order valence-corrected chi connectivity index (χ3v) is 5.76. The van der Waals surface area contributed by atoms with Crippen molar-refractivity contribution in [3.8, 4) is 5.75 Å². The molecule has 4 heterocycles. The van der Waals surface area contributed by atoms with Gasteiger partial charge in [-0.2, -0.15) is 4.98 Å². The molecule has 3 aromatic rings. The van der Waals surface area contributed by atoms with E-state index >= 15 is 0 Å². The molecule has 0 unspecified atom stereocenters. The zero-order valence-electron chi connectivity index (χ0n) is 19.4. The molecule has 1 aromatic carbocycles. The highest BCUT2D eigenvalue weighted by Gasteiger charge is 2.22. The van der Waals surface area contributed by atoms with Crippen molar-refractivity contribution in [2.45, 2.75) is 6.92 Å². The maximum Gasteiger partial charge on any atom is 0.292 e. The van der Waals surface area contributed by atoms with Gasteiger partial charge < -0.3 is 30.5 Å². The molecule has 36 heavy (non-hydrogen) atoms. The average molecular weight is 490 g/mol. The number of fused-ring (bicyclic) bond motifs is 1. The van der Waals surface area contributed by atoms with Gasteiger partial charge in [-0.1, -0.05) is 12.6 Å². The minimum absolute atomic E-state index is 0.0371. The number of ether oxygens (including phenoxy) is 1. The number of aromatic nitrogens is 3. The number of hydrogen-bond donors (Lipinski definition) is 3. The fourth-order valence-electron chi connectivity index (χ4n) is 3.87. The number of carbonyl (C=O) groups is 2. The Balaban J connectivity index is 1.29. The Hall–Kier alpha value is -4.74. The van der Waals surface area contributed by atoms with Crippen LogP contribution in [0.3, 0.4) is 0 Å². The summed E-state index contributed by atoms with van der Waals surface area (Å²) in [6, 6.07) is 10.8. The largest absolute Gasteiger partial charge is 0.448 e. The molecule has 2 amide bonds. The molecule has 0 aliphatic carbocycles. The van der Waals surface area contributed by atoms with E-state index in [2.05, 4.69) is 42.4 Å². The van der Waals surface area contributed by atoms with Crippen LogP contribution in [0.25, 0.3) is 0 Å². The van der Waals surface area contributed by atoms with E-state index in [9.17, 15) is 14.0 Å². The van der Waals surface area contributed by atoms with Gasteiger partial charge in [0.2, 0.25) is 11.9 Å². The minimum Gasteiger partial charge on any atom is -0.448 e. The van der Waals surface area contributed by atoms with E-state index in [1.54, 1.807) is 19.1 Å². The maximum absolute atomic E-state index is 14.5. The predicted octanol–water partition coefficient (Wildman–Crippen LogP) is 3.01. The number of amides is 2. The Labute approximate surface area is 206 Å². The first-order valence-corrected chi connectivity index (χ1v) is 11.2. The summed E-state index contributed by atoms with van der Waals surface area (Å²) in [4.78, 5) is 39.9. The van der Waals surface area contributed by atoms with Crippen molar-refractivity contribution in [1.29, 1.82) is 0 Å². The first-order valence-electron chi connectivity index (χ1n) is 11.2. The van der Waals surface area contributed by atoms with E-state index in [-0.39, 0.29) is 35.1 Å². The average Bonchev–Trinajstić information content (AvgIpc) is 2.87. The SMILES string of the molecule is C=C1Oc2ccc(Nc3nc(Nc4cccc(N5CCN(C(C)=O)CC5)c4)ncc3F)nc2NC1=O. The minimum atomic E-state index is -0.675. The van der Waals surface area contributed by atoms with Crippen LogP contribution in [0.15, 0.2) is 54.9 Å². The number of nitrogens with zero attached hydrogens (tertiary/aromatic N) is 5. The summed E-state index contributed by atoms with van der Waals surface area (Å²) < 4.78 is 19.8. The Morgan fingerprint density at radius 2 is 1.94 bits per heavy atom. The maximum atomic E-state index is 14.5. The van der Waals surface area contributed by atoms with Crippen LogP contribution in [0.4, 0.5) is 39.2 Å². The third kappa shape index (κ3) is 4.87. The Bertz CT molecular complexity index is 1360. The van der Waals surface area contributed by atoms with Crippen molar-refractivity contribution in [3.05, 3.63) is 60.8 Å². The lowest BCUT2D eigenvalue weighted by molar-refractivity contribution is -0.129. The van der Waals surface area contributed by atoms with Gasteiger partial charge in [0.15, 0.2) is 29.0 Å². The predicted molar refractivity (Wildman–Crippen MR) is 132 cm³/mol. The van der Waals surface area contributed by atoms with Gasteiger partial charge in [-0.15, -0.1) is 0 Å². The van der Waals surface area contributed by atoms with E-state index in [0.717, 1.165) is 30.7 Å². The molecule has 1 saturated heterocycles. The van der Waals surface area contributed by atoms with Crippen LogP contribution in [-0.2, 0) is 9.59 Å². The summed E-state index contributed by atoms with van der Waals surface area (Å²) in [5.74, 6) is -0.278. The molecule has 2 aliphatic rings. The molecule has 0 bridgehead atoms. The second-order valence-corrected chi connectivity index (χ2v) is 8.21. The van der Waals surface area contributed by atoms with Crippen LogP contribution in [0.5, 0.6) is 5.75 Å². The topological polar surface area (TPSA) is 125 Å². The number of hydrogen-bond acceptors (Lipinski definition) is 9. The van der Waals surface area contributed by atoms with Gasteiger partial charge in [0, 0.05) is 44.5 Å². The Kier molecular flexibility index (Phi) is 6.07. The van der Waals surface area contributed by atoms with Crippen molar-refractivity contribution in [1.82, 2.24) is 19.9 Å². The van der Waals surface area contributed by atoms with Crippen molar-refractivity contribution in [2.24, 2.45) is 0 Å². The first-order chi connectivity index (χ1) is 17.4. The van der Waals surface area contributed by atoms with Crippen molar-refractivity contribution in [3.63, 3.8) is 0 Å².